The average molecular weight is 322 g/mol. The smallest absolute Gasteiger partial charge is 0.328 e. The van der Waals surface area contributed by atoms with Crippen LogP contribution in [0.2, 0.25) is 0 Å². The Balaban J connectivity index is 2.23. The molecule has 1 fully saturated rings. The first kappa shape index (κ1) is 17.4. The minimum Gasteiger partial charge on any atom is -0.468 e. The normalized spacial score (nSPS) is 21.8. The van der Waals surface area contributed by atoms with Gasteiger partial charge in [0.05, 0.1) is 18.6 Å². The highest BCUT2D eigenvalue weighted by Gasteiger charge is 2.46. The molecule has 0 saturated carbocycles. The van der Waals surface area contributed by atoms with Crippen LogP contribution in [0.4, 0.5) is 5.69 Å². The highest BCUT2D eigenvalue weighted by molar-refractivity contribution is 5.81. The number of methoxy groups -OCH3 is 2. The van der Waals surface area contributed by atoms with Crippen molar-refractivity contribution in [3.8, 4) is 0 Å². The second kappa shape index (κ2) is 7.52. The Hall–Kier alpha value is -1.99. The Labute approximate surface area is 135 Å². The van der Waals surface area contributed by atoms with Crippen LogP contribution in [0.15, 0.2) is 24.3 Å². The lowest BCUT2D eigenvalue weighted by atomic mass is 9.86. The maximum atomic E-state index is 12.4. The molecule has 0 N–H and O–H groups in total. The fourth-order valence-corrected chi connectivity index (χ4v) is 3.15. The first-order valence-electron chi connectivity index (χ1n) is 7.59. The Morgan fingerprint density at radius 3 is 2.57 bits per heavy atom. The van der Waals surface area contributed by atoms with Crippen molar-refractivity contribution in [3.05, 3.63) is 39.9 Å². The molecule has 126 valence electrons. The predicted molar refractivity (Wildman–Crippen MR) is 84.0 cm³/mol. The van der Waals surface area contributed by atoms with E-state index < -0.39 is 10.5 Å². The van der Waals surface area contributed by atoms with Crippen LogP contribution >= 0.6 is 0 Å². The number of carbonyl (C=O) groups excluding carboxylic acids is 1. The monoisotopic (exact) mass is 322 g/mol. The highest BCUT2D eigenvalue weighted by atomic mass is 16.6. The third-order valence-corrected chi connectivity index (χ3v) is 4.34. The number of nitrogens with zero attached hydrogens (tertiary/aromatic N) is 2. The van der Waals surface area contributed by atoms with E-state index >= 15 is 0 Å². The minimum absolute atomic E-state index is 0.0588. The number of hydrogen-bond acceptors (Lipinski definition) is 6. The number of likely N-dealkylation sites (tertiary alicyclic amines) is 1. The topological polar surface area (TPSA) is 81.9 Å². The van der Waals surface area contributed by atoms with Gasteiger partial charge in [-0.2, -0.15) is 0 Å². The molecule has 1 aromatic rings. The van der Waals surface area contributed by atoms with Crippen molar-refractivity contribution in [2.24, 2.45) is 0 Å². The summed E-state index contributed by atoms with van der Waals surface area (Å²) >= 11 is 0. The molecule has 2 rings (SSSR count). The average Bonchev–Trinajstić information content (AvgIpc) is 2.56. The first-order valence-corrected chi connectivity index (χ1v) is 7.59. The van der Waals surface area contributed by atoms with E-state index in [-0.39, 0.29) is 18.3 Å². The molecule has 0 spiro atoms. The molecule has 0 bridgehead atoms. The number of ether oxygens (including phenoxy) is 2. The van der Waals surface area contributed by atoms with Gasteiger partial charge in [-0.1, -0.05) is 12.1 Å². The van der Waals surface area contributed by atoms with Crippen LogP contribution in [0.5, 0.6) is 0 Å². The van der Waals surface area contributed by atoms with E-state index in [1.54, 1.807) is 19.2 Å². The summed E-state index contributed by atoms with van der Waals surface area (Å²) in [7, 11) is 2.96. The van der Waals surface area contributed by atoms with E-state index in [0.717, 1.165) is 24.9 Å². The van der Waals surface area contributed by atoms with Gasteiger partial charge in [0, 0.05) is 25.8 Å². The van der Waals surface area contributed by atoms with Crippen molar-refractivity contribution in [3.63, 3.8) is 0 Å². The number of hydrogen-bond donors (Lipinski definition) is 0. The number of carbonyl (C=O) groups is 1. The third-order valence-electron chi connectivity index (χ3n) is 4.34. The number of benzene rings is 1. The maximum absolute atomic E-state index is 12.4. The van der Waals surface area contributed by atoms with Crippen molar-refractivity contribution >= 4 is 11.7 Å². The number of piperidine rings is 1. The molecule has 7 nitrogen and oxygen atoms in total. The van der Waals surface area contributed by atoms with Crippen molar-refractivity contribution in [2.45, 2.75) is 31.3 Å². The molecule has 0 aromatic heterocycles. The fraction of sp³-hybridized carbons (Fsp3) is 0.562. The zero-order valence-corrected chi connectivity index (χ0v) is 13.5. The maximum Gasteiger partial charge on any atom is 0.328 e. The van der Waals surface area contributed by atoms with Crippen LogP contribution < -0.4 is 0 Å². The number of non-ortho nitro benzene ring substituents is 1. The van der Waals surface area contributed by atoms with Gasteiger partial charge in [0.1, 0.15) is 5.54 Å². The van der Waals surface area contributed by atoms with Gasteiger partial charge in [-0.15, -0.1) is 0 Å². The van der Waals surface area contributed by atoms with Crippen LogP contribution in [0, 0.1) is 10.1 Å². The molecule has 0 amide bonds. The van der Waals surface area contributed by atoms with Gasteiger partial charge < -0.3 is 9.47 Å². The third kappa shape index (κ3) is 3.68. The second-order valence-electron chi connectivity index (χ2n) is 5.76. The summed E-state index contributed by atoms with van der Waals surface area (Å²) in [6.07, 6.45) is 2.62. The summed E-state index contributed by atoms with van der Waals surface area (Å²) in [5, 5.41) is 10.7. The summed E-state index contributed by atoms with van der Waals surface area (Å²) < 4.78 is 10.3. The molecule has 0 radical (unpaired) electrons. The van der Waals surface area contributed by atoms with E-state index in [2.05, 4.69) is 4.90 Å². The van der Waals surface area contributed by atoms with Crippen LogP contribution in [0.1, 0.15) is 24.8 Å². The molecule has 7 heteroatoms. The van der Waals surface area contributed by atoms with Gasteiger partial charge in [-0.05, 0) is 31.4 Å². The summed E-state index contributed by atoms with van der Waals surface area (Å²) in [6.45, 7) is 1.55. The van der Waals surface area contributed by atoms with Gasteiger partial charge in [0.15, 0.2) is 0 Å². The lowest BCUT2D eigenvalue weighted by molar-refractivity contribution is -0.384. The minimum atomic E-state index is -0.788. The van der Waals surface area contributed by atoms with Crippen LogP contribution in [-0.4, -0.2) is 48.7 Å². The zero-order valence-electron chi connectivity index (χ0n) is 13.5. The van der Waals surface area contributed by atoms with Gasteiger partial charge >= 0.3 is 5.97 Å². The standard InChI is InChI=1S/C16H22N2O5/c1-22-12-16(15(19)23-2)9-3-4-10-17(16)11-13-5-7-14(8-6-13)18(20)21/h5-8H,3-4,9-12H2,1-2H3. The molecular weight excluding hydrogens is 300 g/mol. The van der Waals surface area contributed by atoms with Crippen molar-refractivity contribution in [1.29, 1.82) is 0 Å². The van der Waals surface area contributed by atoms with Crippen molar-refractivity contribution in [2.75, 3.05) is 27.4 Å². The van der Waals surface area contributed by atoms with Crippen LogP contribution in [0.25, 0.3) is 0 Å². The van der Waals surface area contributed by atoms with Crippen LogP contribution in [-0.2, 0) is 20.8 Å². The van der Waals surface area contributed by atoms with E-state index in [9.17, 15) is 14.9 Å². The molecule has 1 aromatic carbocycles. The lowest BCUT2D eigenvalue weighted by Crippen LogP contribution is -2.60. The largest absolute Gasteiger partial charge is 0.468 e. The summed E-state index contributed by atoms with van der Waals surface area (Å²) in [4.78, 5) is 24.8. The molecule has 1 aliphatic rings. The first-order chi connectivity index (χ1) is 11.0. The Morgan fingerprint density at radius 1 is 1.30 bits per heavy atom. The second-order valence-corrected chi connectivity index (χ2v) is 5.76. The summed E-state index contributed by atoms with van der Waals surface area (Å²) in [5.74, 6) is -0.291. The number of nitro groups is 1. The fourth-order valence-electron chi connectivity index (χ4n) is 3.15. The van der Waals surface area contributed by atoms with Crippen LogP contribution in [0.3, 0.4) is 0 Å². The van der Waals surface area contributed by atoms with E-state index in [4.69, 9.17) is 9.47 Å². The number of rotatable bonds is 6. The number of nitro benzene ring substituents is 1. The quantitative estimate of drug-likeness (QED) is 0.453. The molecule has 23 heavy (non-hydrogen) atoms. The van der Waals surface area contributed by atoms with E-state index in [1.807, 2.05) is 0 Å². The van der Waals surface area contributed by atoms with E-state index in [1.165, 1.54) is 19.2 Å². The molecule has 1 aliphatic heterocycles. The van der Waals surface area contributed by atoms with Crippen molar-refractivity contribution in [1.82, 2.24) is 4.90 Å². The zero-order chi connectivity index (χ0) is 16.9. The van der Waals surface area contributed by atoms with Gasteiger partial charge in [-0.25, -0.2) is 4.79 Å². The Bertz CT molecular complexity index is 556. The van der Waals surface area contributed by atoms with Gasteiger partial charge in [0.2, 0.25) is 0 Å². The SMILES string of the molecule is COCC1(C(=O)OC)CCCCN1Cc1ccc([N+](=O)[O-])cc1. The van der Waals surface area contributed by atoms with Gasteiger partial charge in [0.25, 0.3) is 5.69 Å². The molecular formula is C16H22N2O5. The lowest BCUT2D eigenvalue weighted by Gasteiger charge is -2.44. The molecule has 1 unspecified atom stereocenters. The van der Waals surface area contributed by atoms with E-state index in [0.29, 0.717) is 13.0 Å². The number of esters is 1. The molecule has 1 saturated heterocycles. The summed E-state index contributed by atoms with van der Waals surface area (Å²) in [5.41, 5.74) is 0.189. The molecule has 1 heterocycles. The van der Waals surface area contributed by atoms with Crippen molar-refractivity contribution < 1.29 is 19.2 Å². The highest BCUT2D eigenvalue weighted by Crippen LogP contribution is 2.31. The molecule has 1 atom stereocenters. The van der Waals surface area contributed by atoms with Gasteiger partial charge in [-0.3, -0.25) is 15.0 Å². The predicted octanol–water partition coefficient (Wildman–Crippen LogP) is 2.14. The summed E-state index contributed by atoms with van der Waals surface area (Å²) in [6, 6.07) is 6.41. The Morgan fingerprint density at radius 2 is 2.00 bits per heavy atom. The molecule has 0 aliphatic carbocycles. The Kier molecular flexibility index (Phi) is 5.68.